The van der Waals surface area contributed by atoms with Gasteiger partial charge in [0.2, 0.25) is 5.91 Å². The van der Waals surface area contributed by atoms with Gasteiger partial charge in [-0.25, -0.2) is 17.8 Å². The quantitative estimate of drug-likeness (QED) is 0.380. The maximum absolute atomic E-state index is 13.3. The summed E-state index contributed by atoms with van der Waals surface area (Å²) in [6.07, 6.45) is -0.210. The number of halogens is 3. The van der Waals surface area contributed by atoms with Crippen molar-refractivity contribution >= 4 is 66.4 Å². The summed E-state index contributed by atoms with van der Waals surface area (Å²) >= 11 is 7.55. The van der Waals surface area contributed by atoms with Crippen LogP contribution in [-0.4, -0.2) is 69.4 Å². The molecule has 2 heterocycles. The number of morpholine rings is 1. The molecule has 1 aliphatic rings. The number of aryl methyl sites for hydroxylation is 1. The molecule has 3 aromatic rings. The number of carbonyl (C=O) groups is 1. The Labute approximate surface area is 219 Å². The Bertz CT molecular complexity index is 1280. The Morgan fingerprint density at radius 3 is 2.60 bits per heavy atom. The molecule has 1 aromatic heterocycles. The molecule has 0 spiro atoms. The Morgan fingerprint density at radius 1 is 1.23 bits per heavy atom. The standard InChI is InChI=1S/C23H25ClFN3O4S2.ClH/c1-16-14-17(24)15-20-22(16)26-23(33-20)28(8-7-27-9-11-32-12-10-27)21(29)6-13-34(30,31)19-4-2-18(25)3-5-19;/h2-5,14-15H,6-13H2,1H3;1H. The molecule has 0 bridgehead atoms. The molecule has 0 radical (unpaired) electrons. The summed E-state index contributed by atoms with van der Waals surface area (Å²) in [5.41, 5.74) is 1.68. The molecule has 1 aliphatic heterocycles. The van der Waals surface area contributed by atoms with Crippen molar-refractivity contribution in [2.24, 2.45) is 0 Å². The van der Waals surface area contributed by atoms with E-state index in [0.29, 0.717) is 36.5 Å². The number of hydrogen-bond donors (Lipinski definition) is 0. The van der Waals surface area contributed by atoms with Gasteiger partial charge in [-0.15, -0.1) is 12.4 Å². The fourth-order valence-electron chi connectivity index (χ4n) is 3.77. The number of thiazole rings is 1. The van der Waals surface area contributed by atoms with Crippen LogP contribution in [0.4, 0.5) is 9.52 Å². The number of amides is 1. The van der Waals surface area contributed by atoms with Crippen LogP contribution in [0.3, 0.4) is 0 Å². The highest BCUT2D eigenvalue weighted by Crippen LogP contribution is 2.33. The average Bonchev–Trinajstić information content (AvgIpc) is 3.23. The highest BCUT2D eigenvalue weighted by atomic mass is 35.5. The van der Waals surface area contributed by atoms with Crippen LogP contribution < -0.4 is 4.90 Å². The van der Waals surface area contributed by atoms with Crippen molar-refractivity contribution < 1.29 is 22.3 Å². The third-order valence-corrected chi connectivity index (χ3v) is 8.65. The van der Waals surface area contributed by atoms with Crippen molar-refractivity contribution in [2.75, 3.05) is 50.0 Å². The molecule has 0 saturated carbocycles. The summed E-state index contributed by atoms with van der Waals surface area (Å²) in [5, 5.41) is 1.11. The van der Waals surface area contributed by atoms with Crippen molar-refractivity contribution in [3.05, 3.63) is 52.8 Å². The van der Waals surface area contributed by atoms with Crippen LogP contribution in [0, 0.1) is 12.7 Å². The highest BCUT2D eigenvalue weighted by molar-refractivity contribution is 7.91. The lowest BCUT2D eigenvalue weighted by Gasteiger charge is -2.29. The molecule has 7 nitrogen and oxygen atoms in total. The number of hydrogen-bond acceptors (Lipinski definition) is 7. The second-order valence-electron chi connectivity index (χ2n) is 8.09. The fraction of sp³-hybridized carbons (Fsp3) is 0.391. The van der Waals surface area contributed by atoms with E-state index in [-0.39, 0.29) is 35.4 Å². The number of carbonyl (C=O) groups excluding carboxylic acids is 1. The second-order valence-corrected chi connectivity index (χ2v) is 11.6. The Morgan fingerprint density at radius 2 is 1.91 bits per heavy atom. The van der Waals surface area contributed by atoms with Gasteiger partial charge in [-0.3, -0.25) is 14.6 Å². The lowest BCUT2D eigenvalue weighted by Crippen LogP contribution is -2.43. The van der Waals surface area contributed by atoms with E-state index in [2.05, 4.69) is 9.88 Å². The minimum atomic E-state index is -3.74. The molecule has 0 unspecified atom stereocenters. The van der Waals surface area contributed by atoms with Gasteiger partial charge < -0.3 is 4.74 Å². The van der Waals surface area contributed by atoms with Crippen molar-refractivity contribution in [1.29, 1.82) is 0 Å². The molecule has 190 valence electrons. The predicted molar refractivity (Wildman–Crippen MR) is 139 cm³/mol. The number of aromatic nitrogens is 1. The van der Waals surface area contributed by atoms with Crippen LogP contribution in [0.5, 0.6) is 0 Å². The number of rotatable bonds is 8. The second kappa shape index (κ2) is 11.9. The maximum Gasteiger partial charge on any atom is 0.229 e. The zero-order valence-electron chi connectivity index (χ0n) is 19.1. The monoisotopic (exact) mass is 561 g/mol. The minimum Gasteiger partial charge on any atom is -0.379 e. The number of nitrogens with zero attached hydrogens (tertiary/aromatic N) is 3. The summed E-state index contributed by atoms with van der Waals surface area (Å²) in [6, 6.07) is 8.25. The van der Waals surface area contributed by atoms with Gasteiger partial charge in [-0.2, -0.15) is 0 Å². The van der Waals surface area contributed by atoms with Crippen LogP contribution in [0.15, 0.2) is 41.3 Å². The molecule has 35 heavy (non-hydrogen) atoms. The number of benzene rings is 2. The normalized spacial score (nSPS) is 14.6. The number of fused-ring (bicyclic) bond motifs is 1. The van der Waals surface area contributed by atoms with E-state index in [1.807, 2.05) is 19.1 Å². The van der Waals surface area contributed by atoms with Gasteiger partial charge in [0.15, 0.2) is 15.0 Å². The molecule has 12 heteroatoms. The summed E-state index contributed by atoms with van der Waals surface area (Å²) in [7, 11) is -3.74. The molecule has 2 aromatic carbocycles. The first-order chi connectivity index (χ1) is 16.2. The zero-order valence-corrected chi connectivity index (χ0v) is 22.3. The summed E-state index contributed by atoms with van der Waals surface area (Å²) < 4.78 is 44.8. The topological polar surface area (TPSA) is 79.8 Å². The third kappa shape index (κ3) is 6.90. The van der Waals surface area contributed by atoms with Crippen LogP contribution >= 0.6 is 35.3 Å². The fourth-order valence-corrected chi connectivity index (χ4v) is 6.46. The first-order valence-corrected chi connectivity index (χ1v) is 13.7. The Hall–Kier alpha value is -1.82. The summed E-state index contributed by atoms with van der Waals surface area (Å²) in [4.78, 5) is 21.7. The van der Waals surface area contributed by atoms with Crippen LogP contribution in [-0.2, 0) is 19.4 Å². The highest BCUT2D eigenvalue weighted by Gasteiger charge is 2.24. The van der Waals surface area contributed by atoms with Gasteiger partial charge in [0.1, 0.15) is 5.82 Å². The Kier molecular flexibility index (Phi) is 9.47. The molecular weight excluding hydrogens is 536 g/mol. The first kappa shape index (κ1) is 27.8. The smallest absolute Gasteiger partial charge is 0.229 e. The molecular formula is C23H26Cl2FN3O4S2. The first-order valence-electron chi connectivity index (χ1n) is 10.9. The van der Waals surface area contributed by atoms with Crippen molar-refractivity contribution in [2.45, 2.75) is 18.2 Å². The van der Waals surface area contributed by atoms with E-state index in [4.69, 9.17) is 16.3 Å². The molecule has 1 fully saturated rings. The molecule has 0 aliphatic carbocycles. The largest absolute Gasteiger partial charge is 0.379 e. The third-order valence-electron chi connectivity index (χ3n) is 5.67. The van der Waals surface area contributed by atoms with Gasteiger partial charge in [0.05, 0.1) is 34.1 Å². The van der Waals surface area contributed by atoms with Crippen LogP contribution in [0.25, 0.3) is 10.2 Å². The van der Waals surface area contributed by atoms with Gasteiger partial charge in [-0.1, -0.05) is 22.9 Å². The van der Waals surface area contributed by atoms with Gasteiger partial charge >= 0.3 is 0 Å². The Balaban J connectivity index is 0.00000342. The predicted octanol–water partition coefficient (Wildman–Crippen LogP) is 4.35. The lowest BCUT2D eigenvalue weighted by molar-refractivity contribution is -0.118. The SMILES string of the molecule is Cc1cc(Cl)cc2sc(N(CCN3CCOCC3)C(=O)CCS(=O)(=O)c3ccc(F)cc3)nc12.Cl. The van der Waals surface area contributed by atoms with Crippen LogP contribution in [0.1, 0.15) is 12.0 Å². The number of sulfone groups is 1. The lowest BCUT2D eigenvalue weighted by atomic mass is 10.2. The van der Waals surface area contributed by atoms with Gasteiger partial charge in [0.25, 0.3) is 0 Å². The molecule has 1 amide bonds. The molecule has 0 atom stereocenters. The molecule has 1 saturated heterocycles. The van der Waals surface area contributed by atoms with Crippen molar-refractivity contribution in [3.63, 3.8) is 0 Å². The van der Waals surface area contributed by atoms with Crippen molar-refractivity contribution in [3.8, 4) is 0 Å². The van der Waals surface area contributed by atoms with E-state index in [1.54, 1.807) is 4.90 Å². The maximum atomic E-state index is 13.3. The van der Waals surface area contributed by atoms with Gasteiger partial charge in [-0.05, 0) is 48.9 Å². The minimum absolute atomic E-state index is 0. The average molecular weight is 563 g/mol. The van der Waals surface area contributed by atoms with E-state index < -0.39 is 15.7 Å². The number of anilines is 1. The van der Waals surface area contributed by atoms with Crippen molar-refractivity contribution in [1.82, 2.24) is 9.88 Å². The van der Waals surface area contributed by atoms with Crippen LogP contribution in [0.2, 0.25) is 5.02 Å². The molecule has 4 rings (SSSR count). The summed E-state index contributed by atoms with van der Waals surface area (Å²) in [6.45, 7) is 5.74. The van der Waals surface area contributed by atoms with Gasteiger partial charge in [0, 0.05) is 37.6 Å². The van der Waals surface area contributed by atoms with E-state index in [1.165, 1.54) is 23.5 Å². The summed E-state index contributed by atoms with van der Waals surface area (Å²) in [5.74, 6) is -1.22. The number of ether oxygens (including phenoxy) is 1. The van der Waals surface area contributed by atoms with E-state index in [9.17, 15) is 17.6 Å². The van der Waals surface area contributed by atoms with E-state index in [0.717, 1.165) is 41.0 Å². The zero-order chi connectivity index (χ0) is 24.3. The van der Waals surface area contributed by atoms with E-state index >= 15 is 0 Å². The molecule has 0 N–H and O–H groups in total.